The van der Waals surface area contributed by atoms with Crippen LogP contribution in [0.1, 0.15) is 12.0 Å². The zero-order valence-electron chi connectivity index (χ0n) is 9.72. The number of nitrogens with zero attached hydrogens (tertiary/aromatic N) is 2. The number of hydrogen-bond acceptors (Lipinski definition) is 4. The molecular formula is C12H19N3O. The summed E-state index contributed by atoms with van der Waals surface area (Å²) in [5.74, 6) is 1.36. The number of rotatable bonds is 4. The van der Waals surface area contributed by atoms with Gasteiger partial charge in [0, 0.05) is 25.4 Å². The molecule has 0 radical (unpaired) electrons. The Hall–Kier alpha value is -1.13. The van der Waals surface area contributed by atoms with Crippen LogP contribution in [0.5, 0.6) is 5.88 Å². The molecule has 1 aromatic rings. The first kappa shape index (κ1) is 11.4. The van der Waals surface area contributed by atoms with Crippen molar-refractivity contribution in [1.82, 2.24) is 9.88 Å². The van der Waals surface area contributed by atoms with Crippen molar-refractivity contribution < 1.29 is 4.74 Å². The normalized spacial score (nSPS) is 21.2. The van der Waals surface area contributed by atoms with Gasteiger partial charge in [0.25, 0.3) is 0 Å². The molecule has 0 bridgehead atoms. The summed E-state index contributed by atoms with van der Waals surface area (Å²) in [7, 11) is 1.65. The van der Waals surface area contributed by atoms with E-state index >= 15 is 0 Å². The fraction of sp³-hybridized carbons (Fsp3) is 0.583. The van der Waals surface area contributed by atoms with Gasteiger partial charge in [-0.15, -0.1) is 0 Å². The molecule has 2 rings (SSSR count). The predicted octanol–water partition coefficient (Wildman–Crippen LogP) is 0.871. The molecule has 1 unspecified atom stereocenters. The zero-order valence-corrected chi connectivity index (χ0v) is 9.72. The van der Waals surface area contributed by atoms with Crippen LogP contribution in [-0.2, 0) is 6.54 Å². The lowest BCUT2D eigenvalue weighted by molar-refractivity contribution is 0.316. The third kappa shape index (κ3) is 2.71. The van der Waals surface area contributed by atoms with Gasteiger partial charge in [-0.2, -0.15) is 0 Å². The number of hydrogen-bond donors (Lipinski definition) is 1. The van der Waals surface area contributed by atoms with Crippen molar-refractivity contribution >= 4 is 0 Å². The van der Waals surface area contributed by atoms with Gasteiger partial charge >= 0.3 is 0 Å². The summed E-state index contributed by atoms with van der Waals surface area (Å²) >= 11 is 0. The Morgan fingerprint density at radius 2 is 2.50 bits per heavy atom. The maximum absolute atomic E-state index is 5.68. The van der Waals surface area contributed by atoms with Gasteiger partial charge in [-0.05, 0) is 37.1 Å². The maximum atomic E-state index is 5.68. The van der Waals surface area contributed by atoms with E-state index in [-0.39, 0.29) is 0 Å². The van der Waals surface area contributed by atoms with Crippen LogP contribution in [0.3, 0.4) is 0 Å². The van der Waals surface area contributed by atoms with Crippen LogP contribution in [0, 0.1) is 5.92 Å². The Morgan fingerprint density at radius 3 is 3.19 bits per heavy atom. The molecule has 0 saturated carbocycles. The highest BCUT2D eigenvalue weighted by atomic mass is 16.5. The molecule has 2 heterocycles. The van der Waals surface area contributed by atoms with Crippen molar-refractivity contribution in [2.75, 3.05) is 26.7 Å². The van der Waals surface area contributed by atoms with Crippen LogP contribution in [-0.4, -0.2) is 36.6 Å². The van der Waals surface area contributed by atoms with E-state index < -0.39 is 0 Å². The maximum Gasteiger partial charge on any atom is 0.213 e. The Kier molecular flexibility index (Phi) is 3.74. The molecule has 88 valence electrons. The Morgan fingerprint density at radius 1 is 1.62 bits per heavy atom. The van der Waals surface area contributed by atoms with Crippen molar-refractivity contribution in [1.29, 1.82) is 0 Å². The third-order valence-electron chi connectivity index (χ3n) is 3.12. The second-order valence-electron chi connectivity index (χ2n) is 4.33. The van der Waals surface area contributed by atoms with Gasteiger partial charge in [0.2, 0.25) is 5.88 Å². The van der Waals surface area contributed by atoms with Crippen LogP contribution in [0.2, 0.25) is 0 Å². The van der Waals surface area contributed by atoms with E-state index in [0.717, 1.165) is 26.2 Å². The van der Waals surface area contributed by atoms with Gasteiger partial charge in [0.15, 0.2) is 0 Å². The molecule has 0 spiro atoms. The number of likely N-dealkylation sites (tertiary alicyclic amines) is 1. The van der Waals surface area contributed by atoms with E-state index in [9.17, 15) is 0 Å². The van der Waals surface area contributed by atoms with Crippen LogP contribution in [0.4, 0.5) is 0 Å². The standard InChI is InChI=1S/C12H19N3O/c1-16-12-6-10(2-4-14-12)8-15-5-3-11(7-13)9-15/h2,4,6,11H,3,5,7-9,13H2,1H3. The quantitative estimate of drug-likeness (QED) is 0.819. The van der Waals surface area contributed by atoms with Gasteiger partial charge in [-0.1, -0.05) is 0 Å². The lowest BCUT2D eigenvalue weighted by atomic mass is 10.1. The molecule has 1 saturated heterocycles. The van der Waals surface area contributed by atoms with E-state index in [2.05, 4.69) is 9.88 Å². The fourth-order valence-corrected chi connectivity index (χ4v) is 2.17. The lowest BCUT2D eigenvalue weighted by Crippen LogP contribution is -2.22. The summed E-state index contributed by atoms with van der Waals surface area (Å²) in [6.45, 7) is 4.03. The van der Waals surface area contributed by atoms with Gasteiger partial charge in [-0.25, -0.2) is 4.98 Å². The van der Waals surface area contributed by atoms with E-state index in [4.69, 9.17) is 10.5 Å². The summed E-state index contributed by atoms with van der Waals surface area (Å²) in [5.41, 5.74) is 6.93. The van der Waals surface area contributed by atoms with E-state index in [0.29, 0.717) is 11.8 Å². The third-order valence-corrected chi connectivity index (χ3v) is 3.12. The fourth-order valence-electron chi connectivity index (χ4n) is 2.17. The van der Waals surface area contributed by atoms with E-state index in [1.807, 2.05) is 12.1 Å². The number of aromatic nitrogens is 1. The smallest absolute Gasteiger partial charge is 0.213 e. The predicted molar refractivity (Wildman–Crippen MR) is 63.2 cm³/mol. The minimum atomic E-state index is 0.670. The Balaban J connectivity index is 1.94. The number of methoxy groups -OCH3 is 1. The first-order valence-electron chi connectivity index (χ1n) is 5.73. The molecule has 4 nitrogen and oxygen atoms in total. The number of ether oxygens (including phenoxy) is 1. The van der Waals surface area contributed by atoms with Crippen molar-refractivity contribution in [3.05, 3.63) is 23.9 Å². The van der Waals surface area contributed by atoms with Crippen LogP contribution >= 0.6 is 0 Å². The van der Waals surface area contributed by atoms with Crippen molar-refractivity contribution in [2.24, 2.45) is 11.7 Å². The highest BCUT2D eigenvalue weighted by molar-refractivity contribution is 5.20. The molecule has 1 atom stereocenters. The molecule has 0 amide bonds. The minimum absolute atomic E-state index is 0.670. The molecule has 2 N–H and O–H groups in total. The molecular weight excluding hydrogens is 202 g/mol. The highest BCUT2D eigenvalue weighted by Gasteiger charge is 2.20. The molecule has 0 aliphatic carbocycles. The van der Waals surface area contributed by atoms with Gasteiger partial charge < -0.3 is 10.5 Å². The van der Waals surface area contributed by atoms with E-state index in [1.54, 1.807) is 13.3 Å². The highest BCUT2D eigenvalue weighted by Crippen LogP contribution is 2.18. The SMILES string of the molecule is COc1cc(CN2CCC(CN)C2)ccn1. The Labute approximate surface area is 96.4 Å². The van der Waals surface area contributed by atoms with Gasteiger partial charge in [0.05, 0.1) is 7.11 Å². The van der Waals surface area contributed by atoms with Gasteiger partial charge in [0.1, 0.15) is 0 Å². The molecule has 0 aromatic carbocycles. The molecule has 1 aliphatic heterocycles. The molecule has 1 fully saturated rings. The summed E-state index contributed by atoms with van der Waals surface area (Å²) in [4.78, 5) is 6.54. The first-order chi connectivity index (χ1) is 7.81. The second kappa shape index (κ2) is 5.27. The summed E-state index contributed by atoms with van der Waals surface area (Å²) < 4.78 is 5.11. The van der Waals surface area contributed by atoms with Crippen molar-refractivity contribution in [3.63, 3.8) is 0 Å². The van der Waals surface area contributed by atoms with Crippen LogP contribution in [0.15, 0.2) is 18.3 Å². The largest absolute Gasteiger partial charge is 0.481 e. The number of nitrogens with two attached hydrogens (primary N) is 1. The van der Waals surface area contributed by atoms with E-state index in [1.165, 1.54) is 12.0 Å². The molecule has 4 heteroatoms. The Bertz CT molecular complexity index is 343. The molecule has 1 aliphatic rings. The molecule has 1 aromatic heterocycles. The monoisotopic (exact) mass is 221 g/mol. The lowest BCUT2D eigenvalue weighted by Gasteiger charge is -2.15. The van der Waals surface area contributed by atoms with Crippen LogP contribution < -0.4 is 10.5 Å². The van der Waals surface area contributed by atoms with Crippen LogP contribution in [0.25, 0.3) is 0 Å². The van der Waals surface area contributed by atoms with Gasteiger partial charge in [-0.3, -0.25) is 4.90 Å². The first-order valence-corrected chi connectivity index (χ1v) is 5.73. The second-order valence-corrected chi connectivity index (χ2v) is 4.33. The minimum Gasteiger partial charge on any atom is -0.481 e. The molecule has 16 heavy (non-hydrogen) atoms. The average Bonchev–Trinajstić information content (AvgIpc) is 2.77. The summed E-state index contributed by atoms with van der Waals surface area (Å²) in [6, 6.07) is 4.04. The summed E-state index contributed by atoms with van der Waals surface area (Å²) in [5, 5.41) is 0. The zero-order chi connectivity index (χ0) is 11.4. The van der Waals surface area contributed by atoms with Crippen molar-refractivity contribution in [2.45, 2.75) is 13.0 Å². The van der Waals surface area contributed by atoms with Crippen molar-refractivity contribution in [3.8, 4) is 5.88 Å². The average molecular weight is 221 g/mol. The summed E-state index contributed by atoms with van der Waals surface area (Å²) in [6.07, 6.45) is 3.02. The number of pyridine rings is 1. The topological polar surface area (TPSA) is 51.4 Å².